The number of rotatable bonds is 8. The van der Waals surface area contributed by atoms with Crippen molar-refractivity contribution >= 4 is 0 Å². The van der Waals surface area contributed by atoms with Crippen molar-refractivity contribution in [3.8, 4) is 11.8 Å². The summed E-state index contributed by atoms with van der Waals surface area (Å²) in [6.45, 7) is 0. The smallest absolute Gasteiger partial charge is 0.163 e. The minimum Gasteiger partial charge on any atom is -0.471 e. The summed E-state index contributed by atoms with van der Waals surface area (Å²) < 4.78 is 6.40. The van der Waals surface area contributed by atoms with Gasteiger partial charge in [0, 0.05) is 12.3 Å². The molecule has 3 rings (SSSR count). The number of benzene rings is 2. The molecule has 0 bridgehead atoms. The van der Waals surface area contributed by atoms with Gasteiger partial charge in [-0.3, -0.25) is 5.32 Å². The molecule has 0 aliphatic heterocycles. The van der Waals surface area contributed by atoms with Crippen LogP contribution < -0.4 is 10.1 Å². The molecule has 0 aromatic heterocycles. The van der Waals surface area contributed by atoms with Gasteiger partial charge < -0.3 is 4.74 Å². The van der Waals surface area contributed by atoms with E-state index in [2.05, 4.69) is 35.7 Å². The van der Waals surface area contributed by atoms with E-state index in [9.17, 15) is 5.26 Å². The Bertz CT molecular complexity index is 703. The highest BCUT2D eigenvalue weighted by atomic mass is 16.5. The van der Waals surface area contributed by atoms with Gasteiger partial charge in [0.25, 0.3) is 0 Å². The standard InChI is InChI=1S/C21H24N2O/c1-23-21(19-13-14-19,15-7-10-17-8-3-2-4-9-17)24-20-12-6-5-11-18(20)16-22/h2-6,8-9,11-12,19,23H,7,10,13-15H2,1H3. The van der Waals surface area contributed by atoms with Gasteiger partial charge in [-0.1, -0.05) is 42.5 Å². The minimum absolute atomic E-state index is 0.373. The Hall–Kier alpha value is -2.31. The zero-order chi connectivity index (χ0) is 16.8. The average Bonchev–Trinajstić information content (AvgIpc) is 3.48. The van der Waals surface area contributed by atoms with Gasteiger partial charge >= 0.3 is 0 Å². The van der Waals surface area contributed by atoms with Gasteiger partial charge in [0.1, 0.15) is 11.8 Å². The first kappa shape index (κ1) is 16.5. The van der Waals surface area contributed by atoms with Crippen molar-refractivity contribution in [2.75, 3.05) is 7.05 Å². The Labute approximate surface area is 144 Å². The third kappa shape index (κ3) is 3.77. The summed E-state index contributed by atoms with van der Waals surface area (Å²) in [5.41, 5.74) is 1.58. The molecule has 0 spiro atoms. The Balaban J connectivity index is 1.72. The number of para-hydroxylation sites is 1. The van der Waals surface area contributed by atoms with Crippen LogP contribution in [0.25, 0.3) is 0 Å². The highest BCUT2D eigenvalue weighted by Gasteiger charge is 2.46. The summed E-state index contributed by atoms with van der Waals surface area (Å²) in [5.74, 6) is 1.20. The van der Waals surface area contributed by atoms with E-state index in [1.165, 1.54) is 18.4 Å². The molecule has 3 heteroatoms. The molecule has 2 aromatic carbocycles. The first-order valence-corrected chi connectivity index (χ1v) is 8.68. The van der Waals surface area contributed by atoms with E-state index < -0.39 is 0 Å². The molecule has 1 saturated carbocycles. The molecule has 1 fully saturated rings. The molecule has 1 N–H and O–H groups in total. The number of aryl methyl sites for hydroxylation is 1. The van der Waals surface area contributed by atoms with Gasteiger partial charge in [0.2, 0.25) is 0 Å². The number of nitrogens with one attached hydrogen (secondary N) is 1. The van der Waals surface area contributed by atoms with Crippen LogP contribution >= 0.6 is 0 Å². The Morgan fingerprint density at radius 1 is 1.12 bits per heavy atom. The lowest BCUT2D eigenvalue weighted by Gasteiger charge is -2.35. The molecule has 24 heavy (non-hydrogen) atoms. The third-order valence-corrected chi connectivity index (χ3v) is 4.82. The van der Waals surface area contributed by atoms with Gasteiger partial charge in [0.15, 0.2) is 5.72 Å². The maximum Gasteiger partial charge on any atom is 0.163 e. The third-order valence-electron chi connectivity index (χ3n) is 4.82. The predicted molar refractivity (Wildman–Crippen MR) is 95.7 cm³/mol. The molecular weight excluding hydrogens is 296 g/mol. The normalized spacial score (nSPS) is 16.2. The van der Waals surface area contributed by atoms with Crippen molar-refractivity contribution in [1.82, 2.24) is 5.32 Å². The first-order chi connectivity index (χ1) is 11.8. The maximum atomic E-state index is 9.32. The minimum atomic E-state index is -0.373. The first-order valence-electron chi connectivity index (χ1n) is 8.68. The summed E-state index contributed by atoms with van der Waals surface area (Å²) >= 11 is 0. The SMILES string of the molecule is CNC(CCCc1ccccc1)(Oc1ccccc1C#N)C1CC1. The highest BCUT2D eigenvalue weighted by Crippen LogP contribution is 2.43. The molecule has 1 aliphatic rings. The largest absolute Gasteiger partial charge is 0.471 e. The quantitative estimate of drug-likeness (QED) is 0.738. The van der Waals surface area contributed by atoms with Gasteiger partial charge in [-0.15, -0.1) is 0 Å². The second-order valence-electron chi connectivity index (χ2n) is 6.46. The van der Waals surface area contributed by atoms with E-state index in [1.54, 1.807) is 0 Å². The Morgan fingerprint density at radius 2 is 1.83 bits per heavy atom. The van der Waals surface area contributed by atoms with Crippen molar-refractivity contribution in [2.24, 2.45) is 5.92 Å². The van der Waals surface area contributed by atoms with E-state index in [0.29, 0.717) is 17.2 Å². The van der Waals surface area contributed by atoms with Crippen molar-refractivity contribution in [3.63, 3.8) is 0 Å². The summed E-state index contributed by atoms with van der Waals surface area (Å²) in [5, 5.41) is 12.7. The predicted octanol–water partition coefficient (Wildman–Crippen LogP) is 4.29. The van der Waals surface area contributed by atoms with Gasteiger partial charge in [-0.05, 0) is 50.4 Å². The molecule has 0 amide bonds. The molecule has 124 valence electrons. The van der Waals surface area contributed by atoms with Gasteiger partial charge in [-0.25, -0.2) is 0 Å². The van der Waals surface area contributed by atoms with Crippen LogP contribution in [0.4, 0.5) is 0 Å². The summed E-state index contributed by atoms with van der Waals surface area (Å²) in [6, 6.07) is 20.3. The molecule has 0 radical (unpaired) electrons. The monoisotopic (exact) mass is 320 g/mol. The second-order valence-corrected chi connectivity index (χ2v) is 6.46. The van der Waals surface area contributed by atoms with Crippen LogP contribution in [0, 0.1) is 17.2 Å². The molecule has 1 aliphatic carbocycles. The molecule has 1 atom stereocenters. The highest BCUT2D eigenvalue weighted by molar-refractivity contribution is 5.43. The van der Waals surface area contributed by atoms with Gasteiger partial charge in [-0.2, -0.15) is 5.26 Å². The molecular formula is C21H24N2O. The maximum absolute atomic E-state index is 9.32. The molecule has 2 aromatic rings. The number of nitriles is 1. The van der Waals surface area contributed by atoms with E-state index in [1.807, 2.05) is 37.4 Å². The second kappa shape index (κ2) is 7.51. The van der Waals surface area contributed by atoms with Crippen LogP contribution in [0.5, 0.6) is 5.75 Å². The van der Waals surface area contributed by atoms with Crippen LogP contribution in [-0.2, 0) is 6.42 Å². The summed E-state index contributed by atoms with van der Waals surface area (Å²) in [6.07, 6.45) is 5.39. The van der Waals surface area contributed by atoms with Crippen LogP contribution in [0.3, 0.4) is 0 Å². The number of hydrogen-bond donors (Lipinski definition) is 1. The van der Waals surface area contributed by atoms with E-state index >= 15 is 0 Å². The zero-order valence-electron chi connectivity index (χ0n) is 14.2. The Morgan fingerprint density at radius 3 is 2.50 bits per heavy atom. The van der Waals surface area contributed by atoms with E-state index in [-0.39, 0.29) is 5.72 Å². The fourth-order valence-corrected chi connectivity index (χ4v) is 3.31. The topological polar surface area (TPSA) is 45.0 Å². The lowest BCUT2D eigenvalue weighted by atomic mass is 9.97. The zero-order valence-corrected chi connectivity index (χ0v) is 14.2. The fourth-order valence-electron chi connectivity index (χ4n) is 3.31. The van der Waals surface area contributed by atoms with Gasteiger partial charge in [0.05, 0.1) is 5.56 Å². The van der Waals surface area contributed by atoms with Crippen LogP contribution in [0.15, 0.2) is 54.6 Å². The van der Waals surface area contributed by atoms with Crippen molar-refractivity contribution in [3.05, 3.63) is 65.7 Å². The van der Waals surface area contributed by atoms with E-state index in [0.717, 1.165) is 19.3 Å². The summed E-state index contributed by atoms with van der Waals surface area (Å²) in [4.78, 5) is 0. The molecule has 0 saturated heterocycles. The lowest BCUT2D eigenvalue weighted by molar-refractivity contribution is 0.00728. The van der Waals surface area contributed by atoms with Crippen LogP contribution in [0.1, 0.15) is 36.8 Å². The summed E-state index contributed by atoms with van der Waals surface area (Å²) in [7, 11) is 1.97. The average molecular weight is 320 g/mol. The van der Waals surface area contributed by atoms with Crippen molar-refractivity contribution in [1.29, 1.82) is 5.26 Å². The number of nitrogens with zero attached hydrogens (tertiary/aromatic N) is 1. The Kier molecular flexibility index (Phi) is 5.17. The van der Waals surface area contributed by atoms with Crippen LogP contribution in [0.2, 0.25) is 0 Å². The fraction of sp³-hybridized carbons (Fsp3) is 0.381. The number of ether oxygens (including phenoxy) is 1. The van der Waals surface area contributed by atoms with Crippen LogP contribution in [-0.4, -0.2) is 12.8 Å². The number of hydrogen-bond acceptors (Lipinski definition) is 3. The molecule has 1 unspecified atom stereocenters. The molecule has 0 heterocycles. The van der Waals surface area contributed by atoms with Crippen molar-refractivity contribution in [2.45, 2.75) is 37.8 Å². The lowest BCUT2D eigenvalue weighted by Crippen LogP contribution is -2.50. The van der Waals surface area contributed by atoms with Crippen molar-refractivity contribution < 1.29 is 4.74 Å². The van der Waals surface area contributed by atoms with E-state index in [4.69, 9.17) is 4.74 Å². The molecule has 3 nitrogen and oxygen atoms in total.